The standard InChI is InChI=1S/C20H33FN4O.HI/c1-5-22-20(25-13-11-18(12-14-25)26-6-2)23-15-19(24(3)4)16-7-9-17(21)10-8-16;/h7-10,18-19H,5-6,11-15H2,1-4H3,(H,22,23);1H. The summed E-state index contributed by atoms with van der Waals surface area (Å²) in [6.45, 7) is 8.31. The SMILES string of the molecule is CCNC(=NCC(c1ccc(F)cc1)N(C)C)N1CCC(OCC)CC1.I. The van der Waals surface area contributed by atoms with E-state index in [1.165, 1.54) is 12.1 Å². The average Bonchev–Trinajstić information content (AvgIpc) is 2.63. The number of aliphatic imine (C=N–C) groups is 1. The topological polar surface area (TPSA) is 40.1 Å². The Balaban J connectivity index is 0.00000364. The van der Waals surface area contributed by atoms with E-state index in [4.69, 9.17) is 9.73 Å². The van der Waals surface area contributed by atoms with Crippen LogP contribution in [0.3, 0.4) is 0 Å². The van der Waals surface area contributed by atoms with Gasteiger partial charge in [-0.15, -0.1) is 24.0 Å². The van der Waals surface area contributed by atoms with E-state index in [-0.39, 0.29) is 35.8 Å². The molecule has 1 aromatic carbocycles. The molecule has 7 heteroatoms. The molecule has 5 nitrogen and oxygen atoms in total. The second kappa shape index (κ2) is 12.5. The van der Waals surface area contributed by atoms with E-state index >= 15 is 0 Å². The summed E-state index contributed by atoms with van der Waals surface area (Å²) in [6, 6.07) is 6.83. The Morgan fingerprint density at radius 1 is 1.26 bits per heavy atom. The summed E-state index contributed by atoms with van der Waals surface area (Å²) in [4.78, 5) is 9.33. The van der Waals surface area contributed by atoms with Crippen LogP contribution in [0.5, 0.6) is 0 Å². The quantitative estimate of drug-likeness (QED) is 0.360. The average molecular weight is 492 g/mol. The third-order valence-electron chi connectivity index (χ3n) is 4.77. The number of benzene rings is 1. The summed E-state index contributed by atoms with van der Waals surface area (Å²) in [6.07, 6.45) is 2.44. The van der Waals surface area contributed by atoms with Gasteiger partial charge in [0, 0.05) is 26.2 Å². The van der Waals surface area contributed by atoms with Gasteiger partial charge in [0.1, 0.15) is 5.82 Å². The molecule has 2 rings (SSSR count). The maximum atomic E-state index is 13.2. The number of piperidine rings is 1. The molecule has 0 spiro atoms. The molecule has 0 bridgehead atoms. The summed E-state index contributed by atoms with van der Waals surface area (Å²) in [5, 5.41) is 3.41. The first-order chi connectivity index (χ1) is 12.5. The van der Waals surface area contributed by atoms with Crippen LogP contribution in [0.2, 0.25) is 0 Å². The molecule has 1 heterocycles. The number of halogens is 2. The van der Waals surface area contributed by atoms with Crippen molar-refractivity contribution in [3.05, 3.63) is 35.6 Å². The van der Waals surface area contributed by atoms with Crippen molar-refractivity contribution in [3.63, 3.8) is 0 Å². The van der Waals surface area contributed by atoms with E-state index < -0.39 is 0 Å². The zero-order chi connectivity index (χ0) is 18.9. The van der Waals surface area contributed by atoms with Crippen molar-refractivity contribution in [3.8, 4) is 0 Å². The number of nitrogens with one attached hydrogen (secondary N) is 1. The number of likely N-dealkylation sites (tertiary alicyclic amines) is 1. The molecule has 1 aromatic rings. The van der Waals surface area contributed by atoms with Crippen molar-refractivity contribution in [2.75, 3.05) is 46.9 Å². The first kappa shape index (κ1) is 24.1. The van der Waals surface area contributed by atoms with Gasteiger partial charge in [0.2, 0.25) is 0 Å². The number of likely N-dealkylation sites (N-methyl/N-ethyl adjacent to an activating group) is 1. The monoisotopic (exact) mass is 492 g/mol. The van der Waals surface area contributed by atoms with Gasteiger partial charge >= 0.3 is 0 Å². The predicted molar refractivity (Wildman–Crippen MR) is 120 cm³/mol. The molecule has 1 aliphatic heterocycles. The minimum Gasteiger partial charge on any atom is -0.378 e. The third kappa shape index (κ3) is 7.54. The van der Waals surface area contributed by atoms with Crippen molar-refractivity contribution in [1.29, 1.82) is 0 Å². The summed E-state index contributed by atoms with van der Waals surface area (Å²) >= 11 is 0. The molecule has 0 amide bonds. The van der Waals surface area contributed by atoms with Crippen LogP contribution in [0.15, 0.2) is 29.3 Å². The fourth-order valence-corrected chi connectivity index (χ4v) is 3.32. The van der Waals surface area contributed by atoms with Crippen molar-refractivity contribution >= 4 is 29.9 Å². The van der Waals surface area contributed by atoms with E-state index in [0.29, 0.717) is 12.6 Å². The molecular formula is C20H34FIN4O. The first-order valence-corrected chi connectivity index (χ1v) is 9.61. The van der Waals surface area contributed by atoms with Gasteiger partial charge in [-0.1, -0.05) is 12.1 Å². The number of hydrogen-bond acceptors (Lipinski definition) is 3. The Labute approximate surface area is 180 Å². The summed E-state index contributed by atoms with van der Waals surface area (Å²) in [7, 11) is 4.06. The normalized spacial score (nSPS) is 17.0. The second-order valence-electron chi connectivity index (χ2n) is 6.87. The van der Waals surface area contributed by atoms with Crippen LogP contribution in [0.1, 0.15) is 38.3 Å². The van der Waals surface area contributed by atoms with Crippen LogP contribution in [0.4, 0.5) is 4.39 Å². The summed E-state index contributed by atoms with van der Waals surface area (Å²) in [5.74, 6) is 0.747. The lowest BCUT2D eigenvalue weighted by Crippen LogP contribution is -2.47. The number of nitrogens with zero attached hydrogens (tertiary/aromatic N) is 3. The molecule has 154 valence electrons. The van der Waals surface area contributed by atoms with Gasteiger partial charge in [0.15, 0.2) is 5.96 Å². The largest absolute Gasteiger partial charge is 0.378 e. The fourth-order valence-electron chi connectivity index (χ4n) is 3.32. The summed E-state index contributed by atoms with van der Waals surface area (Å²) in [5.41, 5.74) is 1.08. The maximum absolute atomic E-state index is 13.2. The molecule has 0 aromatic heterocycles. The predicted octanol–water partition coefficient (Wildman–Crippen LogP) is 3.51. The third-order valence-corrected chi connectivity index (χ3v) is 4.77. The highest BCUT2D eigenvalue weighted by Gasteiger charge is 2.22. The van der Waals surface area contributed by atoms with Gasteiger partial charge in [-0.3, -0.25) is 4.99 Å². The van der Waals surface area contributed by atoms with Crippen LogP contribution in [0.25, 0.3) is 0 Å². The molecule has 1 aliphatic rings. The Morgan fingerprint density at radius 3 is 2.41 bits per heavy atom. The van der Waals surface area contributed by atoms with E-state index in [9.17, 15) is 4.39 Å². The van der Waals surface area contributed by atoms with Crippen LogP contribution < -0.4 is 5.32 Å². The van der Waals surface area contributed by atoms with Crippen LogP contribution >= 0.6 is 24.0 Å². The molecule has 1 fully saturated rings. The Morgan fingerprint density at radius 2 is 1.89 bits per heavy atom. The molecule has 1 unspecified atom stereocenters. The minimum atomic E-state index is -0.208. The van der Waals surface area contributed by atoms with Crippen molar-refractivity contribution < 1.29 is 9.13 Å². The van der Waals surface area contributed by atoms with Crippen LogP contribution in [-0.2, 0) is 4.74 Å². The van der Waals surface area contributed by atoms with E-state index in [0.717, 1.165) is 50.6 Å². The molecule has 0 aliphatic carbocycles. The van der Waals surface area contributed by atoms with Gasteiger partial charge in [-0.2, -0.15) is 0 Å². The van der Waals surface area contributed by atoms with Gasteiger partial charge in [-0.25, -0.2) is 4.39 Å². The molecule has 1 atom stereocenters. The highest BCUT2D eigenvalue weighted by Crippen LogP contribution is 2.20. The van der Waals surface area contributed by atoms with Gasteiger partial charge in [0.25, 0.3) is 0 Å². The molecular weight excluding hydrogens is 458 g/mol. The number of guanidine groups is 1. The highest BCUT2D eigenvalue weighted by atomic mass is 127. The lowest BCUT2D eigenvalue weighted by Gasteiger charge is -2.34. The Hall–Kier alpha value is -0.930. The molecule has 27 heavy (non-hydrogen) atoms. The van der Waals surface area contributed by atoms with E-state index in [1.54, 1.807) is 0 Å². The lowest BCUT2D eigenvalue weighted by molar-refractivity contribution is 0.0263. The fraction of sp³-hybridized carbons (Fsp3) is 0.650. The first-order valence-electron chi connectivity index (χ1n) is 9.61. The second-order valence-corrected chi connectivity index (χ2v) is 6.87. The molecule has 1 N–H and O–H groups in total. The van der Waals surface area contributed by atoms with Gasteiger partial charge < -0.3 is 19.9 Å². The number of hydrogen-bond donors (Lipinski definition) is 1. The Bertz CT molecular complexity index is 560. The van der Waals surface area contributed by atoms with Gasteiger partial charge in [0.05, 0.1) is 18.7 Å². The highest BCUT2D eigenvalue weighted by molar-refractivity contribution is 14.0. The molecule has 1 saturated heterocycles. The van der Waals surface area contributed by atoms with E-state index in [1.807, 2.05) is 26.2 Å². The zero-order valence-corrected chi connectivity index (χ0v) is 19.3. The van der Waals surface area contributed by atoms with Crippen LogP contribution in [-0.4, -0.2) is 68.7 Å². The molecule has 0 saturated carbocycles. The van der Waals surface area contributed by atoms with Crippen molar-refractivity contribution in [2.45, 2.75) is 38.8 Å². The van der Waals surface area contributed by atoms with Gasteiger partial charge in [-0.05, 0) is 58.5 Å². The lowest BCUT2D eigenvalue weighted by atomic mass is 10.1. The zero-order valence-electron chi connectivity index (χ0n) is 16.9. The smallest absolute Gasteiger partial charge is 0.193 e. The van der Waals surface area contributed by atoms with Crippen molar-refractivity contribution in [2.24, 2.45) is 4.99 Å². The number of ether oxygens (including phenoxy) is 1. The molecule has 0 radical (unpaired) electrons. The summed E-state index contributed by atoms with van der Waals surface area (Å²) < 4.78 is 19.0. The minimum absolute atomic E-state index is 0. The van der Waals surface area contributed by atoms with E-state index in [2.05, 4.69) is 29.0 Å². The van der Waals surface area contributed by atoms with Crippen molar-refractivity contribution in [1.82, 2.24) is 15.1 Å². The maximum Gasteiger partial charge on any atom is 0.193 e. The Kier molecular flexibility index (Phi) is 11.2. The van der Waals surface area contributed by atoms with Crippen LogP contribution in [0, 0.1) is 5.82 Å². The number of rotatable bonds is 7.